The lowest BCUT2D eigenvalue weighted by atomic mass is 10.1. The van der Waals surface area contributed by atoms with Crippen molar-refractivity contribution in [2.45, 2.75) is 11.1 Å². The van der Waals surface area contributed by atoms with E-state index in [1.54, 1.807) is 18.2 Å². The van der Waals surface area contributed by atoms with Crippen molar-refractivity contribution >= 4 is 49.8 Å². The van der Waals surface area contributed by atoms with Crippen molar-refractivity contribution in [2.75, 3.05) is 18.9 Å². The lowest BCUT2D eigenvalue weighted by Crippen LogP contribution is -2.16. The van der Waals surface area contributed by atoms with E-state index in [0.29, 0.717) is 17.0 Å². The average molecular weight is 419 g/mol. The topological polar surface area (TPSA) is 98.8 Å². The molecule has 9 heteroatoms. The van der Waals surface area contributed by atoms with Gasteiger partial charge in [-0.2, -0.15) is 0 Å². The Balaban J connectivity index is 2.09. The van der Waals surface area contributed by atoms with Crippen LogP contribution in [0.2, 0.25) is 0 Å². The van der Waals surface area contributed by atoms with E-state index >= 15 is 0 Å². The Morgan fingerprint density at radius 1 is 0.964 bits per heavy atom. The third kappa shape index (κ3) is 3.58. The minimum absolute atomic E-state index is 0.0294. The van der Waals surface area contributed by atoms with Gasteiger partial charge in [-0.25, -0.2) is 18.0 Å². The van der Waals surface area contributed by atoms with Crippen LogP contribution >= 0.6 is 11.3 Å². The number of nitrogens with one attached hydrogen (secondary N) is 1. The highest BCUT2D eigenvalue weighted by Crippen LogP contribution is 2.34. The summed E-state index contributed by atoms with van der Waals surface area (Å²) in [6.45, 7) is 1.48. The Morgan fingerprint density at radius 3 is 2.25 bits per heavy atom. The number of rotatable bonds is 5. The molecule has 0 saturated heterocycles. The summed E-state index contributed by atoms with van der Waals surface area (Å²) in [5.74, 6) is -1.57. The molecule has 0 radical (unpaired) electrons. The molecule has 0 aliphatic rings. The summed E-state index contributed by atoms with van der Waals surface area (Å²) < 4.78 is 37.5. The second-order valence-corrected chi connectivity index (χ2v) is 8.77. The van der Waals surface area contributed by atoms with Gasteiger partial charge in [0.05, 0.1) is 19.8 Å². The van der Waals surface area contributed by atoms with Gasteiger partial charge in [-0.05, 0) is 35.4 Å². The second-order valence-electron chi connectivity index (χ2n) is 5.87. The molecular weight excluding hydrogens is 402 g/mol. The predicted molar refractivity (Wildman–Crippen MR) is 106 cm³/mol. The quantitative estimate of drug-likeness (QED) is 0.635. The second kappa shape index (κ2) is 7.61. The number of esters is 2. The zero-order valence-corrected chi connectivity index (χ0v) is 16.9. The normalized spacial score (nSPS) is 11.2. The van der Waals surface area contributed by atoms with Gasteiger partial charge in [0.1, 0.15) is 4.88 Å². The molecule has 3 aromatic rings. The highest BCUT2D eigenvalue weighted by Gasteiger charge is 2.32. The van der Waals surface area contributed by atoms with Gasteiger partial charge in [0.15, 0.2) is 4.21 Å². The van der Waals surface area contributed by atoms with Crippen molar-refractivity contribution in [2.24, 2.45) is 0 Å². The number of hydrogen-bond acceptors (Lipinski definition) is 7. The molecule has 0 unspecified atom stereocenters. The monoisotopic (exact) mass is 419 g/mol. The van der Waals surface area contributed by atoms with E-state index in [0.717, 1.165) is 17.9 Å². The molecule has 0 saturated carbocycles. The van der Waals surface area contributed by atoms with E-state index in [1.165, 1.54) is 14.0 Å². The third-order valence-corrected chi connectivity index (χ3v) is 7.29. The van der Waals surface area contributed by atoms with Crippen LogP contribution in [0.25, 0.3) is 10.8 Å². The summed E-state index contributed by atoms with van der Waals surface area (Å²) in [5, 5.41) is 1.81. The van der Waals surface area contributed by atoms with Crippen molar-refractivity contribution in [3.05, 3.63) is 58.5 Å². The van der Waals surface area contributed by atoms with Crippen molar-refractivity contribution in [3.63, 3.8) is 0 Å². The molecule has 0 amide bonds. The van der Waals surface area contributed by atoms with Gasteiger partial charge in [-0.15, -0.1) is 11.3 Å². The Hall–Kier alpha value is -2.91. The summed E-state index contributed by atoms with van der Waals surface area (Å²) in [4.78, 5) is 24.2. The van der Waals surface area contributed by atoms with Gasteiger partial charge >= 0.3 is 11.9 Å². The molecule has 0 fully saturated rings. The fraction of sp³-hybridized carbons (Fsp3) is 0.158. The number of hydrogen-bond donors (Lipinski definition) is 1. The maximum Gasteiger partial charge on any atom is 0.348 e. The van der Waals surface area contributed by atoms with Crippen LogP contribution in [0.3, 0.4) is 0 Å². The first-order valence-electron chi connectivity index (χ1n) is 8.10. The zero-order chi connectivity index (χ0) is 20.5. The van der Waals surface area contributed by atoms with E-state index < -0.39 is 22.0 Å². The Bertz CT molecular complexity index is 1180. The minimum Gasteiger partial charge on any atom is -0.465 e. The van der Waals surface area contributed by atoms with Gasteiger partial charge in [-0.3, -0.25) is 4.72 Å². The highest BCUT2D eigenvalue weighted by atomic mass is 32.2. The molecule has 0 aliphatic carbocycles. The van der Waals surface area contributed by atoms with Crippen molar-refractivity contribution in [3.8, 4) is 0 Å². The lowest BCUT2D eigenvalue weighted by molar-refractivity contribution is 0.0596. The molecule has 0 bridgehead atoms. The molecule has 0 aliphatic heterocycles. The van der Waals surface area contributed by atoms with Crippen LogP contribution in [0.1, 0.15) is 25.6 Å². The van der Waals surface area contributed by atoms with Crippen LogP contribution in [0.5, 0.6) is 0 Å². The Kier molecular flexibility index (Phi) is 5.39. The number of sulfonamides is 1. The summed E-state index contributed by atoms with van der Waals surface area (Å²) in [5.41, 5.74) is 0.351. The average Bonchev–Trinajstić information content (AvgIpc) is 3.04. The van der Waals surface area contributed by atoms with Crippen LogP contribution in [-0.2, 0) is 19.5 Å². The molecular formula is C19H17NO6S2. The van der Waals surface area contributed by atoms with Crippen molar-refractivity contribution < 1.29 is 27.5 Å². The van der Waals surface area contributed by atoms with E-state index in [9.17, 15) is 18.0 Å². The first-order valence-corrected chi connectivity index (χ1v) is 10.4. The first kappa shape index (κ1) is 19.8. The van der Waals surface area contributed by atoms with Gasteiger partial charge in [0, 0.05) is 5.69 Å². The SMILES string of the molecule is COC(=O)c1sc(S(=O)(=O)Nc2ccc3ccccc3c2)c(C(=O)OC)c1C. The number of thiophene rings is 1. The number of benzene rings is 2. The molecule has 1 N–H and O–H groups in total. The third-order valence-electron chi connectivity index (χ3n) is 4.12. The summed E-state index contributed by atoms with van der Waals surface area (Å²) in [6, 6.07) is 12.6. The number of fused-ring (bicyclic) bond motifs is 1. The minimum atomic E-state index is -4.15. The summed E-state index contributed by atoms with van der Waals surface area (Å²) in [7, 11) is -1.83. The molecule has 3 rings (SSSR count). The number of methoxy groups -OCH3 is 2. The van der Waals surface area contributed by atoms with E-state index in [2.05, 4.69) is 9.46 Å². The fourth-order valence-electron chi connectivity index (χ4n) is 2.76. The smallest absolute Gasteiger partial charge is 0.348 e. The fourth-order valence-corrected chi connectivity index (χ4v) is 5.55. The number of ether oxygens (including phenoxy) is 2. The molecule has 0 spiro atoms. The van der Waals surface area contributed by atoms with Crippen molar-refractivity contribution in [1.29, 1.82) is 0 Å². The van der Waals surface area contributed by atoms with E-state index in [-0.39, 0.29) is 20.2 Å². The largest absolute Gasteiger partial charge is 0.465 e. The number of carbonyl (C=O) groups excluding carboxylic acids is 2. The first-order chi connectivity index (χ1) is 13.3. The molecule has 1 aromatic heterocycles. The molecule has 2 aromatic carbocycles. The Labute approximate surface area is 165 Å². The van der Waals surface area contributed by atoms with Gasteiger partial charge in [0.2, 0.25) is 0 Å². The van der Waals surface area contributed by atoms with Crippen molar-refractivity contribution in [1.82, 2.24) is 0 Å². The molecule has 1 heterocycles. The van der Waals surface area contributed by atoms with Crippen LogP contribution < -0.4 is 4.72 Å². The summed E-state index contributed by atoms with van der Waals surface area (Å²) in [6.07, 6.45) is 0. The van der Waals surface area contributed by atoms with Gasteiger partial charge in [-0.1, -0.05) is 30.3 Å². The van der Waals surface area contributed by atoms with E-state index in [1.807, 2.05) is 24.3 Å². The van der Waals surface area contributed by atoms with Crippen LogP contribution in [0, 0.1) is 6.92 Å². The molecule has 0 atom stereocenters. The molecule has 7 nitrogen and oxygen atoms in total. The lowest BCUT2D eigenvalue weighted by Gasteiger charge is -2.09. The van der Waals surface area contributed by atoms with Crippen LogP contribution in [0.15, 0.2) is 46.7 Å². The number of carbonyl (C=O) groups is 2. The molecule has 28 heavy (non-hydrogen) atoms. The van der Waals surface area contributed by atoms with Crippen LogP contribution in [-0.4, -0.2) is 34.6 Å². The van der Waals surface area contributed by atoms with E-state index in [4.69, 9.17) is 4.74 Å². The molecule has 146 valence electrons. The highest BCUT2D eigenvalue weighted by molar-refractivity contribution is 7.94. The Morgan fingerprint density at radius 2 is 1.61 bits per heavy atom. The maximum atomic E-state index is 13.0. The zero-order valence-electron chi connectivity index (χ0n) is 15.3. The van der Waals surface area contributed by atoms with Gasteiger partial charge in [0.25, 0.3) is 10.0 Å². The maximum absolute atomic E-state index is 13.0. The summed E-state index contributed by atoms with van der Waals surface area (Å²) >= 11 is 0.666. The standard InChI is InChI=1S/C19H17NO6S2/c1-11-15(17(21)25-2)19(27-16(11)18(22)26-3)28(23,24)20-14-9-8-12-6-4-5-7-13(12)10-14/h4-10,20H,1-3H3. The van der Waals surface area contributed by atoms with Gasteiger partial charge < -0.3 is 9.47 Å². The number of anilines is 1. The van der Waals surface area contributed by atoms with Crippen LogP contribution in [0.4, 0.5) is 5.69 Å². The predicted octanol–water partition coefficient (Wildman–Crippen LogP) is 3.58.